The fourth-order valence-electron chi connectivity index (χ4n) is 3.59. The van der Waals surface area contributed by atoms with Gasteiger partial charge in [-0.05, 0) is 55.0 Å². The largest absolute Gasteiger partial charge is 0.490 e. The molecule has 37 heavy (non-hydrogen) atoms. The van der Waals surface area contributed by atoms with Crippen LogP contribution in [0.4, 0.5) is 5.69 Å². The number of aromatic nitrogens is 2. The van der Waals surface area contributed by atoms with Gasteiger partial charge < -0.3 is 9.47 Å². The van der Waals surface area contributed by atoms with Gasteiger partial charge in [0.2, 0.25) is 0 Å². The van der Waals surface area contributed by atoms with Gasteiger partial charge in [0.15, 0.2) is 11.5 Å². The molecule has 1 heterocycles. The number of esters is 1. The first-order valence-electron chi connectivity index (χ1n) is 11.6. The standard InChI is InChI=1S/C27H24N4O6/c1-4-36-24-15-18(9-14-23(24)37-27(33)19-10-12-20(13-11-19)31(34)35)16-28-30-25(17(2)3)29-22-8-6-5-7-21(22)26(30)32/h5-17H,4H2,1-3H3. The topological polar surface area (TPSA) is 126 Å². The average Bonchev–Trinajstić information content (AvgIpc) is 2.89. The van der Waals surface area contributed by atoms with E-state index >= 15 is 0 Å². The summed E-state index contributed by atoms with van der Waals surface area (Å²) in [6.45, 7) is 5.97. The van der Waals surface area contributed by atoms with Crippen LogP contribution in [0.3, 0.4) is 0 Å². The number of rotatable bonds is 8. The minimum atomic E-state index is -0.687. The summed E-state index contributed by atoms with van der Waals surface area (Å²) in [5.74, 6) is 0.269. The Bertz CT molecular complexity index is 1560. The van der Waals surface area contributed by atoms with Crippen LogP contribution in [-0.2, 0) is 0 Å². The highest BCUT2D eigenvalue weighted by molar-refractivity contribution is 5.92. The number of ether oxygens (including phenoxy) is 2. The van der Waals surface area contributed by atoms with Crippen molar-refractivity contribution in [2.75, 3.05) is 6.61 Å². The number of nitro groups is 1. The highest BCUT2D eigenvalue weighted by atomic mass is 16.6. The molecule has 0 amide bonds. The quantitative estimate of drug-likeness (QED) is 0.110. The number of fused-ring (bicyclic) bond motifs is 1. The third kappa shape index (κ3) is 5.53. The van der Waals surface area contributed by atoms with Gasteiger partial charge in [-0.3, -0.25) is 14.9 Å². The summed E-state index contributed by atoms with van der Waals surface area (Å²) < 4.78 is 12.4. The number of carbonyl (C=O) groups is 1. The van der Waals surface area contributed by atoms with E-state index in [-0.39, 0.29) is 28.5 Å². The molecular weight excluding hydrogens is 476 g/mol. The van der Waals surface area contributed by atoms with Crippen LogP contribution in [0.1, 0.15) is 48.4 Å². The molecule has 10 nitrogen and oxygen atoms in total. The predicted molar refractivity (Wildman–Crippen MR) is 139 cm³/mol. The van der Waals surface area contributed by atoms with Gasteiger partial charge in [0.1, 0.15) is 5.82 Å². The zero-order valence-electron chi connectivity index (χ0n) is 20.5. The molecule has 0 saturated carbocycles. The van der Waals surface area contributed by atoms with Crippen LogP contribution in [0.2, 0.25) is 0 Å². The third-order valence-electron chi connectivity index (χ3n) is 5.40. The van der Waals surface area contributed by atoms with Crippen LogP contribution in [0.25, 0.3) is 10.9 Å². The zero-order valence-corrected chi connectivity index (χ0v) is 20.5. The molecule has 4 aromatic rings. The van der Waals surface area contributed by atoms with Gasteiger partial charge in [0, 0.05) is 18.1 Å². The van der Waals surface area contributed by atoms with Crippen molar-refractivity contribution in [2.24, 2.45) is 5.10 Å². The number of carbonyl (C=O) groups excluding carboxylic acids is 1. The van der Waals surface area contributed by atoms with Crippen molar-refractivity contribution in [3.63, 3.8) is 0 Å². The first kappa shape index (κ1) is 25.2. The van der Waals surface area contributed by atoms with E-state index in [1.54, 1.807) is 43.3 Å². The molecule has 0 unspecified atom stereocenters. The summed E-state index contributed by atoms with van der Waals surface area (Å²) in [6.07, 6.45) is 1.51. The van der Waals surface area contributed by atoms with Gasteiger partial charge in [0.05, 0.1) is 34.2 Å². The highest BCUT2D eigenvalue weighted by Gasteiger charge is 2.16. The van der Waals surface area contributed by atoms with Gasteiger partial charge >= 0.3 is 5.97 Å². The minimum absolute atomic E-state index is 0.0466. The molecule has 0 aliphatic carbocycles. The minimum Gasteiger partial charge on any atom is -0.490 e. The predicted octanol–water partition coefficient (Wildman–Crippen LogP) is 4.93. The number of para-hydroxylation sites is 1. The lowest BCUT2D eigenvalue weighted by Gasteiger charge is -2.12. The SMILES string of the molecule is CCOc1cc(C=Nn2c(C(C)C)nc3ccccc3c2=O)ccc1OC(=O)c1ccc([N+](=O)[O-])cc1. The number of nitro benzene ring substituents is 1. The Kier molecular flexibility index (Phi) is 7.38. The average molecular weight is 501 g/mol. The van der Waals surface area contributed by atoms with Crippen molar-refractivity contribution in [3.8, 4) is 11.5 Å². The van der Waals surface area contributed by atoms with Crippen LogP contribution in [0.5, 0.6) is 11.5 Å². The zero-order chi connectivity index (χ0) is 26.5. The Morgan fingerprint density at radius 2 is 1.84 bits per heavy atom. The fraction of sp³-hybridized carbons (Fsp3) is 0.185. The molecule has 4 rings (SSSR count). The van der Waals surface area contributed by atoms with Crippen molar-refractivity contribution in [2.45, 2.75) is 26.7 Å². The van der Waals surface area contributed by atoms with Crippen LogP contribution >= 0.6 is 0 Å². The van der Waals surface area contributed by atoms with Crippen molar-refractivity contribution < 1.29 is 19.2 Å². The summed E-state index contributed by atoms with van der Waals surface area (Å²) in [5, 5.41) is 15.7. The lowest BCUT2D eigenvalue weighted by molar-refractivity contribution is -0.384. The second-order valence-corrected chi connectivity index (χ2v) is 8.34. The van der Waals surface area contributed by atoms with E-state index in [9.17, 15) is 19.7 Å². The van der Waals surface area contributed by atoms with Crippen LogP contribution < -0.4 is 15.0 Å². The second-order valence-electron chi connectivity index (χ2n) is 8.34. The lowest BCUT2D eigenvalue weighted by atomic mass is 10.2. The first-order chi connectivity index (χ1) is 17.8. The van der Waals surface area contributed by atoms with E-state index in [1.165, 1.54) is 35.2 Å². The monoisotopic (exact) mass is 500 g/mol. The van der Waals surface area contributed by atoms with Crippen molar-refractivity contribution in [1.29, 1.82) is 0 Å². The van der Waals surface area contributed by atoms with Crippen molar-refractivity contribution in [3.05, 3.63) is 104 Å². The molecule has 1 aromatic heterocycles. The Morgan fingerprint density at radius 3 is 2.51 bits per heavy atom. The van der Waals surface area contributed by atoms with Crippen LogP contribution in [0, 0.1) is 10.1 Å². The van der Waals surface area contributed by atoms with E-state index in [0.717, 1.165) is 0 Å². The summed E-state index contributed by atoms with van der Waals surface area (Å²) >= 11 is 0. The Labute approximate surface area is 211 Å². The molecule has 0 spiro atoms. The van der Waals surface area contributed by atoms with Gasteiger partial charge in [-0.1, -0.05) is 26.0 Å². The molecule has 0 N–H and O–H groups in total. The summed E-state index contributed by atoms with van der Waals surface area (Å²) in [7, 11) is 0. The molecule has 0 saturated heterocycles. The van der Waals surface area contributed by atoms with Crippen LogP contribution in [-0.4, -0.2) is 33.4 Å². The molecular formula is C27H24N4O6. The van der Waals surface area contributed by atoms with E-state index < -0.39 is 10.9 Å². The number of non-ortho nitro benzene ring substituents is 1. The molecule has 0 fully saturated rings. The molecule has 188 valence electrons. The molecule has 0 aliphatic rings. The molecule has 0 atom stereocenters. The lowest BCUT2D eigenvalue weighted by Crippen LogP contribution is -2.23. The summed E-state index contributed by atoms with van der Waals surface area (Å²) in [4.78, 5) is 40.6. The Balaban J connectivity index is 1.63. The molecule has 0 radical (unpaired) electrons. The maximum absolute atomic E-state index is 13.1. The summed E-state index contributed by atoms with van der Waals surface area (Å²) in [5.41, 5.74) is 0.970. The Hall–Kier alpha value is -4.86. The fourth-order valence-corrected chi connectivity index (χ4v) is 3.59. The van der Waals surface area contributed by atoms with E-state index in [1.807, 2.05) is 19.9 Å². The third-order valence-corrected chi connectivity index (χ3v) is 5.40. The molecule has 3 aromatic carbocycles. The maximum atomic E-state index is 13.1. The van der Waals surface area contributed by atoms with Gasteiger partial charge in [0.25, 0.3) is 11.2 Å². The van der Waals surface area contributed by atoms with E-state index in [0.29, 0.717) is 34.6 Å². The number of benzene rings is 3. The maximum Gasteiger partial charge on any atom is 0.343 e. The smallest absolute Gasteiger partial charge is 0.343 e. The van der Waals surface area contributed by atoms with Crippen molar-refractivity contribution in [1.82, 2.24) is 9.66 Å². The highest BCUT2D eigenvalue weighted by Crippen LogP contribution is 2.29. The van der Waals surface area contributed by atoms with E-state index in [4.69, 9.17) is 9.47 Å². The van der Waals surface area contributed by atoms with Gasteiger partial charge in [-0.15, -0.1) is 0 Å². The van der Waals surface area contributed by atoms with Gasteiger partial charge in [-0.2, -0.15) is 9.78 Å². The number of hydrogen-bond donors (Lipinski definition) is 0. The Morgan fingerprint density at radius 1 is 1.11 bits per heavy atom. The molecule has 10 heteroatoms. The summed E-state index contributed by atoms with van der Waals surface area (Å²) in [6, 6.07) is 17.1. The molecule has 0 bridgehead atoms. The van der Waals surface area contributed by atoms with Crippen molar-refractivity contribution >= 4 is 28.8 Å². The first-order valence-corrected chi connectivity index (χ1v) is 11.6. The van der Waals surface area contributed by atoms with Gasteiger partial charge in [-0.25, -0.2) is 9.78 Å². The molecule has 0 aliphatic heterocycles. The van der Waals surface area contributed by atoms with Crippen LogP contribution in [0.15, 0.2) is 76.6 Å². The van der Waals surface area contributed by atoms with E-state index in [2.05, 4.69) is 10.1 Å². The second kappa shape index (κ2) is 10.8. The number of nitrogens with zero attached hydrogens (tertiary/aromatic N) is 4. The number of hydrogen-bond acceptors (Lipinski definition) is 8. The normalized spacial score (nSPS) is 11.2.